The highest BCUT2D eigenvalue weighted by molar-refractivity contribution is 7.15. The van der Waals surface area contributed by atoms with E-state index in [0.29, 0.717) is 12.5 Å². The van der Waals surface area contributed by atoms with E-state index in [9.17, 15) is 0 Å². The molecule has 5 nitrogen and oxygen atoms in total. The lowest BCUT2D eigenvalue weighted by atomic mass is 10.1. The second-order valence-electron chi connectivity index (χ2n) is 5.13. The molecular weight excluding hydrogens is 270 g/mol. The number of nitrogens with zero attached hydrogens (tertiary/aromatic N) is 3. The van der Waals surface area contributed by atoms with Crippen molar-refractivity contribution in [1.82, 2.24) is 20.0 Å². The zero-order chi connectivity index (χ0) is 14.4. The molecule has 0 spiro atoms. The number of guanidine groups is 1. The third kappa shape index (κ3) is 4.23. The van der Waals surface area contributed by atoms with E-state index >= 15 is 0 Å². The second kappa shape index (κ2) is 7.28. The quantitative estimate of drug-likeness (QED) is 0.635. The zero-order valence-electron chi connectivity index (χ0n) is 12.4. The third-order valence-electron chi connectivity index (χ3n) is 2.90. The monoisotopic (exact) mass is 293 g/mol. The molecule has 0 fully saturated rings. The van der Waals surface area contributed by atoms with E-state index in [-0.39, 0.29) is 0 Å². The van der Waals surface area contributed by atoms with Gasteiger partial charge in [-0.3, -0.25) is 4.40 Å². The van der Waals surface area contributed by atoms with Crippen LogP contribution in [-0.4, -0.2) is 28.4 Å². The lowest BCUT2D eigenvalue weighted by molar-refractivity contribution is 0.573. The molecular formula is C14H23N5S. The van der Waals surface area contributed by atoms with Crippen LogP contribution in [0.25, 0.3) is 4.96 Å². The highest BCUT2D eigenvalue weighted by atomic mass is 32.1. The molecule has 2 aromatic rings. The first-order valence-electron chi connectivity index (χ1n) is 7.12. The lowest BCUT2D eigenvalue weighted by Crippen LogP contribution is -2.38. The van der Waals surface area contributed by atoms with Crippen molar-refractivity contribution in [3.05, 3.63) is 23.5 Å². The van der Waals surface area contributed by atoms with Gasteiger partial charge >= 0.3 is 0 Å². The fourth-order valence-electron chi connectivity index (χ4n) is 1.83. The van der Waals surface area contributed by atoms with Crippen LogP contribution in [0, 0.1) is 5.92 Å². The van der Waals surface area contributed by atoms with Crippen LogP contribution in [0.15, 0.2) is 22.8 Å². The van der Waals surface area contributed by atoms with Gasteiger partial charge < -0.3 is 10.6 Å². The van der Waals surface area contributed by atoms with Crippen molar-refractivity contribution in [3.8, 4) is 0 Å². The van der Waals surface area contributed by atoms with E-state index in [1.165, 1.54) is 0 Å². The standard InChI is InChI=1S/C14H23N5S/c1-4-15-13(16-6-5-11(2)3)17-9-12-10-19-7-8-20-14(19)18-12/h7-8,10-11H,4-6,9H2,1-3H3,(H2,15,16,17). The molecule has 0 aromatic carbocycles. The van der Waals surface area contributed by atoms with Crippen LogP contribution in [0.1, 0.15) is 32.9 Å². The smallest absolute Gasteiger partial charge is 0.193 e. The van der Waals surface area contributed by atoms with E-state index in [2.05, 4.69) is 41.4 Å². The number of imidazole rings is 1. The molecule has 2 heterocycles. The Labute approximate surface area is 124 Å². The maximum absolute atomic E-state index is 4.58. The van der Waals surface area contributed by atoms with Crippen molar-refractivity contribution in [2.75, 3.05) is 13.1 Å². The summed E-state index contributed by atoms with van der Waals surface area (Å²) in [6, 6.07) is 0. The second-order valence-corrected chi connectivity index (χ2v) is 6.00. The van der Waals surface area contributed by atoms with Crippen LogP contribution >= 0.6 is 11.3 Å². The van der Waals surface area contributed by atoms with Crippen LogP contribution in [-0.2, 0) is 6.54 Å². The highest BCUT2D eigenvalue weighted by Crippen LogP contribution is 2.11. The Morgan fingerprint density at radius 2 is 2.30 bits per heavy atom. The van der Waals surface area contributed by atoms with Gasteiger partial charge in [0.25, 0.3) is 0 Å². The lowest BCUT2D eigenvalue weighted by Gasteiger charge is -2.11. The molecule has 110 valence electrons. The topological polar surface area (TPSA) is 53.7 Å². The normalized spacial score (nSPS) is 12.3. The number of thiazole rings is 1. The van der Waals surface area contributed by atoms with Crippen molar-refractivity contribution in [3.63, 3.8) is 0 Å². The number of fused-ring (bicyclic) bond motifs is 1. The molecule has 0 amide bonds. The van der Waals surface area contributed by atoms with Crippen molar-refractivity contribution in [2.24, 2.45) is 10.9 Å². The molecule has 0 radical (unpaired) electrons. The molecule has 0 aliphatic carbocycles. The molecule has 6 heteroatoms. The predicted octanol–water partition coefficient (Wildman–Crippen LogP) is 2.50. The number of aliphatic imine (C=N–C) groups is 1. The maximum atomic E-state index is 4.58. The fourth-order valence-corrected chi connectivity index (χ4v) is 2.55. The zero-order valence-corrected chi connectivity index (χ0v) is 13.2. The molecule has 0 bridgehead atoms. The van der Waals surface area contributed by atoms with Crippen molar-refractivity contribution in [2.45, 2.75) is 33.7 Å². The van der Waals surface area contributed by atoms with Crippen molar-refractivity contribution >= 4 is 22.3 Å². The largest absolute Gasteiger partial charge is 0.357 e. The number of hydrogen-bond donors (Lipinski definition) is 2. The Balaban J connectivity index is 1.92. The molecule has 0 saturated heterocycles. The van der Waals surface area contributed by atoms with E-state index in [1.807, 2.05) is 22.2 Å². The molecule has 0 saturated carbocycles. The average Bonchev–Trinajstić information content (AvgIpc) is 2.96. The Morgan fingerprint density at radius 1 is 1.45 bits per heavy atom. The maximum Gasteiger partial charge on any atom is 0.193 e. The number of aromatic nitrogens is 2. The van der Waals surface area contributed by atoms with Crippen LogP contribution in [0.3, 0.4) is 0 Å². The van der Waals surface area contributed by atoms with Crippen LogP contribution in [0.2, 0.25) is 0 Å². The fraction of sp³-hybridized carbons (Fsp3) is 0.571. The van der Waals surface area contributed by atoms with Gasteiger partial charge in [0.2, 0.25) is 0 Å². The van der Waals surface area contributed by atoms with E-state index < -0.39 is 0 Å². The summed E-state index contributed by atoms with van der Waals surface area (Å²) in [5, 5.41) is 8.65. The highest BCUT2D eigenvalue weighted by Gasteiger charge is 2.03. The van der Waals surface area contributed by atoms with Crippen molar-refractivity contribution < 1.29 is 0 Å². The van der Waals surface area contributed by atoms with Gasteiger partial charge in [0.15, 0.2) is 10.9 Å². The van der Waals surface area contributed by atoms with Gasteiger partial charge in [-0.1, -0.05) is 13.8 Å². The summed E-state index contributed by atoms with van der Waals surface area (Å²) in [6.07, 6.45) is 5.20. The summed E-state index contributed by atoms with van der Waals surface area (Å²) in [5.41, 5.74) is 0.998. The minimum atomic E-state index is 0.603. The van der Waals surface area contributed by atoms with Gasteiger partial charge in [-0.2, -0.15) is 0 Å². The SMILES string of the molecule is CCNC(=NCc1cn2ccsc2n1)NCCC(C)C. The summed E-state index contributed by atoms with van der Waals surface area (Å²) < 4.78 is 2.04. The van der Waals surface area contributed by atoms with Gasteiger partial charge in [0, 0.05) is 30.9 Å². The Bertz CT molecular complexity index is 526. The van der Waals surface area contributed by atoms with Gasteiger partial charge in [-0.05, 0) is 19.3 Å². The molecule has 2 N–H and O–H groups in total. The summed E-state index contributed by atoms with van der Waals surface area (Å²) in [4.78, 5) is 10.1. The van der Waals surface area contributed by atoms with Gasteiger partial charge in [-0.25, -0.2) is 9.98 Å². The Hall–Kier alpha value is -1.56. The first-order chi connectivity index (χ1) is 9.69. The van der Waals surface area contributed by atoms with Crippen molar-refractivity contribution in [1.29, 1.82) is 0 Å². The van der Waals surface area contributed by atoms with Gasteiger partial charge in [0.05, 0.1) is 12.2 Å². The summed E-state index contributed by atoms with van der Waals surface area (Å²) >= 11 is 1.64. The number of hydrogen-bond acceptors (Lipinski definition) is 3. The first-order valence-corrected chi connectivity index (χ1v) is 8.00. The van der Waals surface area contributed by atoms with E-state index in [4.69, 9.17) is 0 Å². The molecule has 20 heavy (non-hydrogen) atoms. The summed E-state index contributed by atoms with van der Waals surface area (Å²) in [6.45, 7) is 8.94. The molecule has 0 unspecified atom stereocenters. The number of rotatable bonds is 6. The van der Waals surface area contributed by atoms with E-state index in [1.54, 1.807) is 11.3 Å². The molecule has 2 rings (SSSR count). The molecule has 0 atom stereocenters. The van der Waals surface area contributed by atoms with Gasteiger partial charge in [0.1, 0.15) is 0 Å². The molecule has 2 aromatic heterocycles. The average molecular weight is 293 g/mol. The minimum Gasteiger partial charge on any atom is -0.357 e. The van der Waals surface area contributed by atoms with Crippen LogP contribution < -0.4 is 10.6 Å². The predicted molar refractivity (Wildman–Crippen MR) is 85.3 cm³/mol. The summed E-state index contributed by atoms with van der Waals surface area (Å²) in [7, 11) is 0. The Kier molecular flexibility index (Phi) is 5.40. The molecule has 0 aliphatic rings. The van der Waals surface area contributed by atoms with Crippen LogP contribution in [0.5, 0.6) is 0 Å². The number of nitrogens with one attached hydrogen (secondary N) is 2. The van der Waals surface area contributed by atoms with Gasteiger partial charge in [-0.15, -0.1) is 11.3 Å². The van der Waals surface area contributed by atoms with E-state index in [0.717, 1.165) is 36.1 Å². The van der Waals surface area contributed by atoms with Crippen LogP contribution in [0.4, 0.5) is 0 Å². The minimum absolute atomic E-state index is 0.603. The Morgan fingerprint density at radius 3 is 3.00 bits per heavy atom. The molecule has 0 aliphatic heterocycles. The first kappa shape index (κ1) is 14.8. The summed E-state index contributed by atoms with van der Waals surface area (Å²) in [5.74, 6) is 1.56. The third-order valence-corrected chi connectivity index (χ3v) is 3.67.